The van der Waals surface area contributed by atoms with Gasteiger partial charge in [0.1, 0.15) is 0 Å². The van der Waals surface area contributed by atoms with Crippen molar-refractivity contribution in [1.29, 1.82) is 0 Å². The van der Waals surface area contributed by atoms with Crippen molar-refractivity contribution in [3.05, 3.63) is 29.3 Å². The standard InChI is InChI=1S/C14H20N2O2/c1-10-4-5-11(8-12(10)15)13(17)16-9-14(18-2)6-3-7-14/h4-5,8H,3,6-7,9,15H2,1-2H3,(H,16,17). The highest BCUT2D eigenvalue weighted by Crippen LogP contribution is 2.34. The molecule has 1 aromatic rings. The summed E-state index contributed by atoms with van der Waals surface area (Å²) >= 11 is 0. The second-order valence-corrected chi connectivity index (χ2v) is 4.99. The number of amides is 1. The van der Waals surface area contributed by atoms with Crippen LogP contribution in [-0.4, -0.2) is 25.2 Å². The van der Waals surface area contributed by atoms with E-state index in [4.69, 9.17) is 10.5 Å². The number of hydrogen-bond acceptors (Lipinski definition) is 3. The van der Waals surface area contributed by atoms with E-state index >= 15 is 0 Å². The van der Waals surface area contributed by atoms with Gasteiger partial charge in [0, 0.05) is 24.9 Å². The molecule has 3 N–H and O–H groups in total. The minimum absolute atomic E-state index is 0.0926. The normalized spacial score (nSPS) is 17.0. The van der Waals surface area contributed by atoms with E-state index in [1.54, 1.807) is 19.2 Å². The van der Waals surface area contributed by atoms with Gasteiger partial charge in [-0.1, -0.05) is 6.07 Å². The van der Waals surface area contributed by atoms with Crippen LogP contribution in [0, 0.1) is 6.92 Å². The van der Waals surface area contributed by atoms with Gasteiger partial charge in [-0.25, -0.2) is 0 Å². The van der Waals surface area contributed by atoms with Crippen molar-refractivity contribution in [3.63, 3.8) is 0 Å². The Kier molecular flexibility index (Phi) is 3.57. The first kappa shape index (κ1) is 12.9. The van der Waals surface area contributed by atoms with Crippen LogP contribution in [-0.2, 0) is 4.74 Å². The molecule has 1 fully saturated rings. The fraction of sp³-hybridized carbons (Fsp3) is 0.500. The summed E-state index contributed by atoms with van der Waals surface area (Å²) in [4.78, 5) is 12.0. The first-order valence-electron chi connectivity index (χ1n) is 6.26. The summed E-state index contributed by atoms with van der Waals surface area (Å²) in [6, 6.07) is 5.37. The molecule has 18 heavy (non-hydrogen) atoms. The van der Waals surface area contributed by atoms with Crippen molar-refractivity contribution >= 4 is 11.6 Å². The molecule has 1 aliphatic rings. The minimum Gasteiger partial charge on any atom is -0.398 e. The maximum absolute atomic E-state index is 12.0. The topological polar surface area (TPSA) is 64.3 Å². The van der Waals surface area contributed by atoms with Gasteiger partial charge < -0.3 is 15.8 Å². The molecule has 0 aliphatic heterocycles. The lowest BCUT2D eigenvalue weighted by molar-refractivity contribution is -0.0679. The van der Waals surface area contributed by atoms with Crippen LogP contribution >= 0.6 is 0 Å². The van der Waals surface area contributed by atoms with Gasteiger partial charge in [0.2, 0.25) is 0 Å². The number of methoxy groups -OCH3 is 1. The Morgan fingerprint density at radius 1 is 1.50 bits per heavy atom. The fourth-order valence-corrected chi connectivity index (χ4v) is 2.15. The zero-order valence-corrected chi connectivity index (χ0v) is 11.0. The van der Waals surface area contributed by atoms with Gasteiger partial charge in [0.25, 0.3) is 5.91 Å². The fourth-order valence-electron chi connectivity index (χ4n) is 2.15. The van der Waals surface area contributed by atoms with Crippen molar-refractivity contribution in [2.24, 2.45) is 0 Å². The number of aryl methyl sites for hydroxylation is 1. The van der Waals surface area contributed by atoms with Crippen molar-refractivity contribution in [1.82, 2.24) is 5.32 Å². The molecule has 1 aromatic carbocycles. The minimum atomic E-state index is -0.147. The highest BCUT2D eigenvalue weighted by molar-refractivity contribution is 5.95. The van der Waals surface area contributed by atoms with Crippen LogP contribution in [0.1, 0.15) is 35.2 Å². The van der Waals surface area contributed by atoms with Gasteiger partial charge in [-0.15, -0.1) is 0 Å². The Morgan fingerprint density at radius 3 is 2.72 bits per heavy atom. The van der Waals surface area contributed by atoms with Crippen LogP contribution in [0.2, 0.25) is 0 Å². The molecule has 0 aromatic heterocycles. The molecule has 0 bridgehead atoms. The van der Waals surface area contributed by atoms with Crippen LogP contribution in [0.4, 0.5) is 5.69 Å². The number of benzene rings is 1. The number of rotatable bonds is 4. The first-order valence-corrected chi connectivity index (χ1v) is 6.26. The molecule has 0 saturated heterocycles. The Morgan fingerprint density at radius 2 is 2.22 bits per heavy atom. The lowest BCUT2D eigenvalue weighted by atomic mass is 9.80. The van der Waals surface area contributed by atoms with E-state index < -0.39 is 0 Å². The number of hydrogen-bond donors (Lipinski definition) is 2. The second kappa shape index (κ2) is 4.98. The summed E-state index contributed by atoms with van der Waals surface area (Å²) in [5.41, 5.74) is 7.88. The maximum Gasteiger partial charge on any atom is 0.251 e. The molecule has 0 radical (unpaired) electrons. The van der Waals surface area contributed by atoms with Crippen molar-refractivity contribution < 1.29 is 9.53 Å². The molecule has 4 heteroatoms. The van der Waals surface area contributed by atoms with Crippen LogP contribution in [0.3, 0.4) is 0 Å². The summed E-state index contributed by atoms with van der Waals surface area (Å²) in [6.45, 7) is 2.49. The van der Waals surface area contributed by atoms with E-state index in [2.05, 4.69) is 5.32 Å². The van der Waals surface area contributed by atoms with Gasteiger partial charge in [0.05, 0.1) is 5.60 Å². The molecule has 1 saturated carbocycles. The molecule has 1 aliphatic carbocycles. The molecule has 0 heterocycles. The third-order valence-corrected chi connectivity index (χ3v) is 3.81. The van der Waals surface area contributed by atoms with Gasteiger partial charge in [0.15, 0.2) is 0 Å². The van der Waals surface area contributed by atoms with E-state index in [1.165, 1.54) is 6.42 Å². The highest BCUT2D eigenvalue weighted by Gasteiger charge is 2.37. The maximum atomic E-state index is 12.0. The SMILES string of the molecule is COC1(CNC(=O)c2ccc(C)c(N)c2)CCC1. The van der Waals surface area contributed by atoms with Crippen molar-refractivity contribution in [2.75, 3.05) is 19.4 Å². The first-order chi connectivity index (χ1) is 8.56. The lowest BCUT2D eigenvalue weighted by Crippen LogP contribution is -2.49. The van der Waals surface area contributed by atoms with E-state index in [0.717, 1.165) is 18.4 Å². The summed E-state index contributed by atoms with van der Waals surface area (Å²) in [6.07, 6.45) is 3.20. The van der Waals surface area contributed by atoms with E-state index in [9.17, 15) is 4.79 Å². The third kappa shape index (κ3) is 2.48. The van der Waals surface area contributed by atoms with E-state index in [0.29, 0.717) is 17.8 Å². The Labute approximate surface area is 108 Å². The average Bonchev–Trinajstić information content (AvgIpc) is 2.31. The van der Waals surface area contributed by atoms with Crippen LogP contribution in [0.15, 0.2) is 18.2 Å². The average molecular weight is 248 g/mol. The highest BCUT2D eigenvalue weighted by atomic mass is 16.5. The van der Waals surface area contributed by atoms with Crippen molar-refractivity contribution in [3.8, 4) is 0 Å². The number of carbonyl (C=O) groups is 1. The molecule has 4 nitrogen and oxygen atoms in total. The molecular formula is C14H20N2O2. The molecular weight excluding hydrogens is 228 g/mol. The number of nitrogen functional groups attached to an aromatic ring is 1. The zero-order chi connectivity index (χ0) is 13.2. The summed E-state index contributed by atoms with van der Waals surface area (Å²) in [5.74, 6) is -0.0926. The van der Waals surface area contributed by atoms with Gasteiger partial charge in [-0.3, -0.25) is 4.79 Å². The molecule has 0 unspecified atom stereocenters. The van der Waals surface area contributed by atoms with Gasteiger partial charge in [-0.05, 0) is 43.9 Å². The third-order valence-electron chi connectivity index (χ3n) is 3.81. The zero-order valence-electron chi connectivity index (χ0n) is 11.0. The Bertz CT molecular complexity index is 448. The van der Waals surface area contributed by atoms with Gasteiger partial charge >= 0.3 is 0 Å². The lowest BCUT2D eigenvalue weighted by Gasteiger charge is -2.40. The number of nitrogens with one attached hydrogen (secondary N) is 1. The predicted molar refractivity (Wildman–Crippen MR) is 71.5 cm³/mol. The molecule has 98 valence electrons. The van der Waals surface area contributed by atoms with E-state index in [-0.39, 0.29) is 11.5 Å². The molecule has 0 spiro atoms. The van der Waals surface area contributed by atoms with Crippen LogP contribution in [0.25, 0.3) is 0 Å². The van der Waals surface area contributed by atoms with E-state index in [1.807, 2.05) is 13.0 Å². The molecule has 2 rings (SSSR count). The van der Waals surface area contributed by atoms with Crippen LogP contribution in [0.5, 0.6) is 0 Å². The van der Waals surface area contributed by atoms with Gasteiger partial charge in [-0.2, -0.15) is 0 Å². The number of carbonyl (C=O) groups excluding carboxylic acids is 1. The monoisotopic (exact) mass is 248 g/mol. The predicted octanol–water partition coefficient (Wildman–Crippen LogP) is 1.88. The second-order valence-electron chi connectivity index (χ2n) is 4.99. The largest absolute Gasteiger partial charge is 0.398 e. The summed E-state index contributed by atoms with van der Waals surface area (Å²) in [7, 11) is 1.70. The number of nitrogens with two attached hydrogens (primary N) is 1. The Hall–Kier alpha value is -1.55. The number of ether oxygens (including phenoxy) is 1. The van der Waals surface area contributed by atoms with Crippen LogP contribution < -0.4 is 11.1 Å². The molecule has 0 atom stereocenters. The summed E-state index contributed by atoms with van der Waals surface area (Å²) in [5, 5.41) is 2.92. The number of anilines is 1. The summed E-state index contributed by atoms with van der Waals surface area (Å²) < 4.78 is 5.46. The Balaban J connectivity index is 1.97. The molecule has 1 amide bonds. The quantitative estimate of drug-likeness (QED) is 0.800. The van der Waals surface area contributed by atoms with Crippen molar-refractivity contribution in [2.45, 2.75) is 31.8 Å². The smallest absolute Gasteiger partial charge is 0.251 e.